The number of ether oxygens (including phenoxy) is 2. The lowest BCUT2D eigenvalue weighted by molar-refractivity contribution is -0.148. The Bertz CT molecular complexity index is 186. The van der Waals surface area contributed by atoms with E-state index >= 15 is 0 Å². The van der Waals surface area contributed by atoms with Crippen LogP contribution in [-0.2, 0) is 14.3 Å². The van der Waals surface area contributed by atoms with Gasteiger partial charge in [0, 0.05) is 19.6 Å². The third kappa shape index (κ3) is 6.11. The number of hydrogen-bond acceptors (Lipinski definition) is 3. The van der Waals surface area contributed by atoms with Crippen molar-refractivity contribution < 1.29 is 14.3 Å². The van der Waals surface area contributed by atoms with Gasteiger partial charge in [0.2, 0.25) is 0 Å². The molecular formula is C13H24O3. The lowest BCUT2D eigenvalue weighted by Crippen LogP contribution is -2.14. The molecule has 0 radical (unpaired) electrons. The Labute approximate surface area is 98.5 Å². The van der Waals surface area contributed by atoms with E-state index in [0.717, 1.165) is 45.3 Å². The van der Waals surface area contributed by atoms with Gasteiger partial charge < -0.3 is 9.47 Å². The molecule has 0 amide bonds. The monoisotopic (exact) mass is 228 g/mol. The predicted octanol–water partition coefficient (Wildman–Crippen LogP) is 3.07. The number of carbonyl (C=O) groups is 1. The van der Waals surface area contributed by atoms with Crippen LogP contribution in [0.25, 0.3) is 0 Å². The van der Waals surface area contributed by atoms with Crippen LogP contribution in [-0.4, -0.2) is 25.3 Å². The van der Waals surface area contributed by atoms with Gasteiger partial charge in [-0.2, -0.15) is 0 Å². The Balaban J connectivity index is 1.89. The molecule has 0 aromatic carbocycles. The van der Waals surface area contributed by atoms with Crippen LogP contribution < -0.4 is 0 Å². The summed E-state index contributed by atoms with van der Waals surface area (Å²) in [6.45, 7) is 3.69. The molecule has 0 saturated heterocycles. The third-order valence-electron chi connectivity index (χ3n) is 2.87. The largest absolute Gasteiger partial charge is 0.462 e. The van der Waals surface area contributed by atoms with Crippen LogP contribution in [0.3, 0.4) is 0 Å². The van der Waals surface area contributed by atoms with Gasteiger partial charge in [-0.15, -0.1) is 0 Å². The average molecular weight is 228 g/mol. The fourth-order valence-corrected chi connectivity index (χ4v) is 1.97. The SMILES string of the molecule is CCCOCCCCC(=O)OC1CCCC1. The number of carbonyl (C=O) groups excluding carboxylic acids is 1. The maximum absolute atomic E-state index is 11.4. The molecule has 0 atom stereocenters. The molecule has 1 saturated carbocycles. The molecule has 1 aliphatic rings. The first-order chi connectivity index (χ1) is 7.83. The van der Waals surface area contributed by atoms with Crippen molar-refractivity contribution in [1.82, 2.24) is 0 Å². The van der Waals surface area contributed by atoms with Crippen molar-refractivity contribution in [2.75, 3.05) is 13.2 Å². The van der Waals surface area contributed by atoms with E-state index in [2.05, 4.69) is 6.92 Å². The summed E-state index contributed by atoms with van der Waals surface area (Å²) in [5.41, 5.74) is 0. The molecule has 0 aliphatic heterocycles. The third-order valence-corrected chi connectivity index (χ3v) is 2.87. The fraction of sp³-hybridized carbons (Fsp3) is 0.923. The van der Waals surface area contributed by atoms with Gasteiger partial charge in [0.1, 0.15) is 6.10 Å². The number of hydrogen-bond donors (Lipinski definition) is 0. The molecule has 1 aliphatic carbocycles. The number of rotatable bonds is 8. The first kappa shape index (κ1) is 13.5. The van der Waals surface area contributed by atoms with Crippen molar-refractivity contribution >= 4 is 5.97 Å². The predicted molar refractivity (Wildman–Crippen MR) is 63.3 cm³/mol. The Morgan fingerprint density at radius 1 is 1.19 bits per heavy atom. The summed E-state index contributed by atoms with van der Waals surface area (Å²) >= 11 is 0. The van der Waals surface area contributed by atoms with Crippen LogP contribution in [0.2, 0.25) is 0 Å². The van der Waals surface area contributed by atoms with Crippen LogP contribution in [0.4, 0.5) is 0 Å². The summed E-state index contributed by atoms with van der Waals surface area (Å²) < 4.78 is 10.7. The molecule has 3 heteroatoms. The van der Waals surface area contributed by atoms with E-state index in [9.17, 15) is 4.79 Å². The molecule has 0 heterocycles. The van der Waals surface area contributed by atoms with E-state index in [1.165, 1.54) is 12.8 Å². The molecule has 0 N–H and O–H groups in total. The van der Waals surface area contributed by atoms with Crippen molar-refractivity contribution in [3.8, 4) is 0 Å². The molecular weight excluding hydrogens is 204 g/mol. The summed E-state index contributed by atoms with van der Waals surface area (Å²) in [6.07, 6.45) is 8.20. The smallest absolute Gasteiger partial charge is 0.306 e. The van der Waals surface area contributed by atoms with Crippen LogP contribution in [0.5, 0.6) is 0 Å². The van der Waals surface area contributed by atoms with Crippen molar-refractivity contribution in [2.24, 2.45) is 0 Å². The summed E-state index contributed by atoms with van der Waals surface area (Å²) in [5, 5.41) is 0. The minimum absolute atomic E-state index is 0.0256. The molecule has 0 unspecified atom stereocenters. The summed E-state index contributed by atoms with van der Waals surface area (Å²) in [5.74, 6) is -0.0256. The number of unbranched alkanes of at least 4 members (excludes halogenated alkanes) is 1. The Morgan fingerprint density at radius 2 is 1.94 bits per heavy atom. The maximum atomic E-state index is 11.4. The molecule has 1 rings (SSSR count). The van der Waals surface area contributed by atoms with Crippen LogP contribution >= 0.6 is 0 Å². The molecule has 0 aromatic rings. The fourth-order valence-electron chi connectivity index (χ4n) is 1.97. The lowest BCUT2D eigenvalue weighted by Gasteiger charge is -2.10. The van der Waals surface area contributed by atoms with Gasteiger partial charge in [-0.25, -0.2) is 0 Å². The van der Waals surface area contributed by atoms with Crippen LogP contribution in [0.15, 0.2) is 0 Å². The second kappa shape index (κ2) is 8.57. The standard InChI is InChI=1S/C13H24O3/c1-2-10-15-11-6-5-9-13(14)16-12-7-3-4-8-12/h12H,2-11H2,1H3. The number of esters is 1. The van der Waals surface area contributed by atoms with E-state index < -0.39 is 0 Å². The van der Waals surface area contributed by atoms with Crippen LogP contribution in [0, 0.1) is 0 Å². The van der Waals surface area contributed by atoms with Crippen molar-refractivity contribution in [3.63, 3.8) is 0 Å². The topological polar surface area (TPSA) is 35.5 Å². The van der Waals surface area contributed by atoms with E-state index in [1.807, 2.05) is 0 Å². The summed E-state index contributed by atoms with van der Waals surface area (Å²) in [6, 6.07) is 0. The van der Waals surface area contributed by atoms with Crippen molar-refractivity contribution in [3.05, 3.63) is 0 Å². The van der Waals surface area contributed by atoms with Gasteiger partial charge in [0.25, 0.3) is 0 Å². The first-order valence-corrected chi connectivity index (χ1v) is 6.60. The Kier molecular flexibility index (Phi) is 7.23. The van der Waals surface area contributed by atoms with Crippen molar-refractivity contribution in [1.29, 1.82) is 0 Å². The van der Waals surface area contributed by atoms with E-state index in [1.54, 1.807) is 0 Å². The molecule has 3 nitrogen and oxygen atoms in total. The Morgan fingerprint density at radius 3 is 2.62 bits per heavy atom. The second-order valence-corrected chi connectivity index (χ2v) is 4.47. The zero-order valence-corrected chi connectivity index (χ0v) is 10.4. The van der Waals surface area contributed by atoms with E-state index in [-0.39, 0.29) is 12.1 Å². The quantitative estimate of drug-likeness (QED) is 0.473. The molecule has 16 heavy (non-hydrogen) atoms. The minimum atomic E-state index is -0.0256. The molecule has 0 bridgehead atoms. The van der Waals surface area contributed by atoms with Gasteiger partial charge in [-0.05, 0) is 44.9 Å². The lowest BCUT2D eigenvalue weighted by atomic mass is 10.2. The Hall–Kier alpha value is -0.570. The first-order valence-electron chi connectivity index (χ1n) is 6.60. The highest BCUT2D eigenvalue weighted by Crippen LogP contribution is 2.21. The summed E-state index contributed by atoms with van der Waals surface area (Å²) in [7, 11) is 0. The average Bonchev–Trinajstić information content (AvgIpc) is 2.76. The van der Waals surface area contributed by atoms with Gasteiger partial charge in [0.05, 0.1) is 0 Å². The van der Waals surface area contributed by atoms with Gasteiger partial charge >= 0.3 is 5.97 Å². The van der Waals surface area contributed by atoms with E-state index in [4.69, 9.17) is 9.47 Å². The molecule has 0 aromatic heterocycles. The second-order valence-electron chi connectivity index (χ2n) is 4.47. The molecule has 1 fully saturated rings. The van der Waals surface area contributed by atoms with Gasteiger partial charge in [0.15, 0.2) is 0 Å². The normalized spacial score (nSPS) is 16.6. The van der Waals surface area contributed by atoms with Gasteiger partial charge in [-0.3, -0.25) is 4.79 Å². The maximum Gasteiger partial charge on any atom is 0.306 e. The van der Waals surface area contributed by atoms with Crippen molar-refractivity contribution in [2.45, 2.75) is 64.4 Å². The molecule has 0 spiro atoms. The summed E-state index contributed by atoms with van der Waals surface area (Å²) in [4.78, 5) is 11.4. The highest BCUT2D eigenvalue weighted by atomic mass is 16.5. The van der Waals surface area contributed by atoms with Crippen LogP contribution in [0.1, 0.15) is 58.3 Å². The zero-order valence-electron chi connectivity index (χ0n) is 10.4. The van der Waals surface area contributed by atoms with E-state index in [0.29, 0.717) is 6.42 Å². The minimum Gasteiger partial charge on any atom is -0.462 e. The zero-order chi connectivity index (χ0) is 11.6. The van der Waals surface area contributed by atoms with Gasteiger partial charge in [-0.1, -0.05) is 6.92 Å². The highest BCUT2D eigenvalue weighted by molar-refractivity contribution is 5.69. The molecule has 94 valence electrons. The highest BCUT2D eigenvalue weighted by Gasteiger charge is 2.18.